The van der Waals surface area contributed by atoms with Crippen molar-refractivity contribution < 1.29 is 19.4 Å². The summed E-state index contributed by atoms with van der Waals surface area (Å²) in [6.45, 7) is 1.87. The zero-order chi connectivity index (χ0) is 18.0. The summed E-state index contributed by atoms with van der Waals surface area (Å²) in [4.78, 5) is 23.6. The zero-order valence-electron chi connectivity index (χ0n) is 14.5. The van der Waals surface area contributed by atoms with Gasteiger partial charge in [-0.15, -0.1) is 0 Å². The lowest BCUT2D eigenvalue weighted by Gasteiger charge is -2.28. The number of aliphatic carboxylic acids is 1. The number of carbonyl (C=O) groups excluding carboxylic acids is 1. The van der Waals surface area contributed by atoms with Gasteiger partial charge in [-0.05, 0) is 35.6 Å². The minimum absolute atomic E-state index is 0.0982. The Balaban J connectivity index is 1.69. The van der Waals surface area contributed by atoms with Crippen molar-refractivity contribution in [3.8, 4) is 0 Å². The van der Waals surface area contributed by atoms with Crippen molar-refractivity contribution in [2.45, 2.75) is 31.2 Å². The monoisotopic (exact) mass is 341 g/mol. The van der Waals surface area contributed by atoms with Gasteiger partial charge in [0.25, 0.3) is 0 Å². The molecule has 1 saturated carbocycles. The van der Waals surface area contributed by atoms with E-state index in [-0.39, 0.29) is 30.8 Å². The van der Waals surface area contributed by atoms with Crippen LogP contribution in [0.2, 0.25) is 0 Å². The highest BCUT2D eigenvalue weighted by Crippen LogP contribution is 2.48. The van der Waals surface area contributed by atoms with Gasteiger partial charge in [-0.25, -0.2) is 0 Å². The van der Waals surface area contributed by atoms with Gasteiger partial charge in [0.2, 0.25) is 5.91 Å². The van der Waals surface area contributed by atoms with Crippen LogP contribution in [0, 0.1) is 5.92 Å². The van der Waals surface area contributed by atoms with E-state index in [2.05, 4.69) is 35.6 Å². The minimum atomic E-state index is -0.957. The van der Waals surface area contributed by atoms with Crippen molar-refractivity contribution in [3.63, 3.8) is 0 Å². The Morgan fingerprint density at radius 1 is 1.24 bits per heavy atom. The van der Waals surface area contributed by atoms with E-state index in [0.717, 1.165) is 12.0 Å². The van der Waals surface area contributed by atoms with Crippen molar-refractivity contribution in [1.82, 2.24) is 5.32 Å². The van der Waals surface area contributed by atoms with Gasteiger partial charge in [0.05, 0.1) is 18.6 Å². The van der Waals surface area contributed by atoms with Gasteiger partial charge in [-0.1, -0.05) is 42.5 Å². The number of rotatable bonds is 7. The number of carboxylic acids is 1. The maximum Gasteiger partial charge on any atom is 0.305 e. The third kappa shape index (κ3) is 3.99. The first-order chi connectivity index (χ1) is 11.9. The van der Waals surface area contributed by atoms with Gasteiger partial charge in [0, 0.05) is 13.0 Å². The van der Waals surface area contributed by atoms with Gasteiger partial charge < -0.3 is 15.2 Å². The maximum atomic E-state index is 12.6. The van der Waals surface area contributed by atoms with Gasteiger partial charge in [-0.2, -0.15) is 0 Å². The van der Waals surface area contributed by atoms with Gasteiger partial charge >= 0.3 is 5.97 Å². The Labute approximate surface area is 147 Å². The summed E-state index contributed by atoms with van der Waals surface area (Å²) in [7, 11) is 1.50. The molecule has 3 atom stereocenters. The highest BCUT2D eigenvalue weighted by molar-refractivity contribution is 5.86. The summed E-state index contributed by atoms with van der Waals surface area (Å²) in [5.74, 6) is -0.965. The number of ether oxygens (including phenoxy) is 1. The fourth-order valence-electron chi connectivity index (χ4n) is 3.47. The van der Waals surface area contributed by atoms with E-state index in [1.165, 1.54) is 17.9 Å². The SMILES string of the molecule is COCC(C)(CC(=O)O)NC(=O)C1CC1c1ccc2ccccc2c1. The molecule has 1 aliphatic carbocycles. The molecule has 2 aromatic carbocycles. The normalized spacial score (nSPS) is 21.5. The Morgan fingerprint density at radius 3 is 2.64 bits per heavy atom. The zero-order valence-corrected chi connectivity index (χ0v) is 14.5. The number of methoxy groups -OCH3 is 1. The van der Waals surface area contributed by atoms with E-state index in [1.54, 1.807) is 6.92 Å². The van der Waals surface area contributed by atoms with E-state index in [0.29, 0.717) is 0 Å². The Hall–Kier alpha value is -2.40. The Morgan fingerprint density at radius 2 is 1.96 bits per heavy atom. The number of hydrogen-bond donors (Lipinski definition) is 2. The molecule has 5 nitrogen and oxygen atoms in total. The van der Waals surface area contributed by atoms with Crippen LogP contribution in [0.5, 0.6) is 0 Å². The Bertz CT molecular complexity index is 803. The number of nitrogens with one attached hydrogen (secondary N) is 1. The number of amides is 1. The highest BCUT2D eigenvalue weighted by atomic mass is 16.5. The summed E-state index contributed by atoms with van der Waals surface area (Å²) in [5, 5.41) is 14.3. The summed E-state index contributed by atoms with van der Waals surface area (Å²) in [6, 6.07) is 14.4. The molecule has 0 aliphatic heterocycles. The molecule has 132 valence electrons. The molecule has 0 radical (unpaired) electrons. The van der Waals surface area contributed by atoms with Crippen molar-refractivity contribution in [2.24, 2.45) is 5.92 Å². The molecule has 1 fully saturated rings. The predicted octanol–water partition coefficient (Wildman–Crippen LogP) is 2.94. The summed E-state index contributed by atoms with van der Waals surface area (Å²) >= 11 is 0. The molecular formula is C20H23NO4. The van der Waals surface area contributed by atoms with Crippen LogP contribution in [0.1, 0.15) is 31.2 Å². The molecule has 0 spiro atoms. The quantitative estimate of drug-likeness (QED) is 0.812. The number of benzene rings is 2. The van der Waals surface area contributed by atoms with Crippen LogP contribution in [-0.2, 0) is 14.3 Å². The molecule has 3 unspecified atom stereocenters. The number of fused-ring (bicyclic) bond motifs is 1. The molecule has 0 heterocycles. The topological polar surface area (TPSA) is 75.6 Å². The third-order valence-electron chi connectivity index (χ3n) is 4.76. The van der Waals surface area contributed by atoms with E-state index in [9.17, 15) is 9.59 Å². The predicted molar refractivity (Wildman–Crippen MR) is 95.5 cm³/mol. The molecule has 3 rings (SSSR count). The fraction of sp³-hybridized carbons (Fsp3) is 0.400. The van der Waals surface area contributed by atoms with E-state index in [1.807, 2.05) is 12.1 Å². The summed E-state index contributed by atoms with van der Waals surface area (Å²) < 4.78 is 5.09. The van der Waals surface area contributed by atoms with Crippen LogP contribution < -0.4 is 5.32 Å². The van der Waals surface area contributed by atoms with Crippen LogP contribution in [0.3, 0.4) is 0 Å². The molecule has 1 aliphatic rings. The largest absolute Gasteiger partial charge is 0.481 e. The molecule has 0 saturated heterocycles. The van der Waals surface area contributed by atoms with E-state index < -0.39 is 11.5 Å². The lowest BCUT2D eigenvalue weighted by molar-refractivity contribution is -0.139. The van der Waals surface area contributed by atoms with Crippen LogP contribution >= 0.6 is 0 Å². The third-order valence-corrected chi connectivity index (χ3v) is 4.76. The average molecular weight is 341 g/mol. The Kier molecular flexibility index (Phi) is 4.77. The first-order valence-electron chi connectivity index (χ1n) is 8.43. The second-order valence-corrected chi connectivity index (χ2v) is 7.11. The van der Waals surface area contributed by atoms with Crippen LogP contribution in [-0.4, -0.2) is 36.2 Å². The number of hydrogen-bond acceptors (Lipinski definition) is 3. The highest BCUT2D eigenvalue weighted by Gasteiger charge is 2.46. The van der Waals surface area contributed by atoms with Crippen LogP contribution in [0.4, 0.5) is 0 Å². The van der Waals surface area contributed by atoms with Crippen molar-refractivity contribution in [3.05, 3.63) is 48.0 Å². The minimum Gasteiger partial charge on any atom is -0.481 e. The van der Waals surface area contributed by atoms with Gasteiger partial charge in [0.15, 0.2) is 0 Å². The lowest BCUT2D eigenvalue weighted by Crippen LogP contribution is -2.51. The fourth-order valence-corrected chi connectivity index (χ4v) is 3.47. The van der Waals surface area contributed by atoms with Gasteiger partial charge in [0.1, 0.15) is 0 Å². The molecule has 2 N–H and O–H groups in total. The van der Waals surface area contributed by atoms with E-state index >= 15 is 0 Å². The molecule has 0 aromatic heterocycles. The van der Waals surface area contributed by atoms with Crippen molar-refractivity contribution >= 4 is 22.6 Å². The van der Waals surface area contributed by atoms with Crippen LogP contribution in [0.25, 0.3) is 10.8 Å². The second-order valence-electron chi connectivity index (χ2n) is 7.11. The molecule has 2 aromatic rings. The standard InChI is InChI=1S/C20H23NO4/c1-20(12-25-2,11-18(22)23)21-19(24)17-10-16(17)15-8-7-13-5-3-4-6-14(13)9-15/h3-9,16-17H,10-12H2,1-2H3,(H,21,24)(H,22,23). The first-order valence-corrected chi connectivity index (χ1v) is 8.43. The lowest BCUT2D eigenvalue weighted by atomic mass is 9.98. The molecule has 1 amide bonds. The average Bonchev–Trinajstić information content (AvgIpc) is 3.34. The van der Waals surface area contributed by atoms with Crippen LogP contribution in [0.15, 0.2) is 42.5 Å². The number of carbonyl (C=O) groups is 2. The molecule has 5 heteroatoms. The second kappa shape index (κ2) is 6.84. The van der Waals surface area contributed by atoms with Crippen molar-refractivity contribution in [2.75, 3.05) is 13.7 Å². The maximum absolute atomic E-state index is 12.6. The van der Waals surface area contributed by atoms with Crippen molar-refractivity contribution in [1.29, 1.82) is 0 Å². The van der Waals surface area contributed by atoms with E-state index in [4.69, 9.17) is 9.84 Å². The smallest absolute Gasteiger partial charge is 0.305 e. The van der Waals surface area contributed by atoms with Gasteiger partial charge in [-0.3, -0.25) is 9.59 Å². The first kappa shape index (κ1) is 17.4. The molecule has 0 bridgehead atoms. The summed E-state index contributed by atoms with van der Waals surface area (Å²) in [5.41, 5.74) is 0.263. The summed E-state index contributed by atoms with van der Waals surface area (Å²) in [6.07, 6.45) is 0.625. The number of carboxylic acid groups (broad SMARTS) is 1. The molecule has 25 heavy (non-hydrogen) atoms. The molecular weight excluding hydrogens is 318 g/mol.